The van der Waals surface area contributed by atoms with Gasteiger partial charge in [0, 0.05) is 19.3 Å². The normalized spacial score (nSPS) is 12.0. The van der Waals surface area contributed by atoms with E-state index < -0.39 is 10.0 Å². The Kier molecular flexibility index (Phi) is 8.83. The lowest BCUT2D eigenvalue weighted by Gasteiger charge is -2.15. The third-order valence-electron chi connectivity index (χ3n) is 3.46. The van der Waals surface area contributed by atoms with E-state index in [0.717, 1.165) is 12.1 Å². The summed E-state index contributed by atoms with van der Waals surface area (Å²) in [6, 6.07) is 11.2. The first-order valence-corrected chi connectivity index (χ1v) is 9.91. The number of thiophene rings is 1. The second-order valence-electron chi connectivity index (χ2n) is 5.20. The third kappa shape index (κ3) is 6.24. The van der Waals surface area contributed by atoms with Crippen LogP contribution in [0.4, 0.5) is 5.69 Å². The molecule has 0 saturated carbocycles. The van der Waals surface area contributed by atoms with Crippen molar-refractivity contribution >= 4 is 57.0 Å². The lowest BCUT2D eigenvalue weighted by Crippen LogP contribution is -2.30. The molecule has 6 nitrogen and oxygen atoms in total. The molecule has 0 atom stereocenters. The fraction of sp³-hybridized carbons (Fsp3) is 0.312. The van der Waals surface area contributed by atoms with Crippen molar-refractivity contribution in [1.82, 2.24) is 4.31 Å². The lowest BCUT2D eigenvalue weighted by atomic mass is 10.1. The molecule has 0 radical (unpaired) electrons. The van der Waals surface area contributed by atoms with E-state index in [9.17, 15) is 8.42 Å². The highest BCUT2D eigenvalue weighted by molar-refractivity contribution is 14.0. The lowest BCUT2D eigenvalue weighted by molar-refractivity contribution is 0.479. The van der Waals surface area contributed by atoms with Gasteiger partial charge >= 0.3 is 0 Å². The summed E-state index contributed by atoms with van der Waals surface area (Å²) in [7, 11) is -1.90. The van der Waals surface area contributed by atoms with Gasteiger partial charge < -0.3 is 11.1 Å². The summed E-state index contributed by atoms with van der Waals surface area (Å²) < 4.78 is 26.2. The molecule has 0 amide bonds. The number of guanidine groups is 1. The van der Waals surface area contributed by atoms with Crippen molar-refractivity contribution in [2.24, 2.45) is 10.7 Å². The number of hydrogen-bond acceptors (Lipinski definition) is 4. The average Bonchev–Trinajstić information content (AvgIpc) is 3.10. The molecule has 1 heterocycles. The maximum absolute atomic E-state index is 12.3. The maximum Gasteiger partial charge on any atom is 0.252 e. The van der Waals surface area contributed by atoms with Crippen LogP contribution in [-0.2, 0) is 16.4 Å². The summed E-state index contributed by atoms with van der Waals surface area (Å²) in [5.74, 6) is 0.269. The van der Waals surface area contributed by atoms with Crippen LogP contribution in [0, 0.1) is 0 Å². The Bertz CT molecular complexity index is 792. The van der Waals surface area contributed by atoms with Crippen LogP contribution >= 0.6 is 35.3 Å². The van der Waals surface area contributed by atoms with Gasteiger partial charge in [-0.3, -0.25) is 4.99 Å². The zero-order valence-corrected chi connectivity index (χ0v) is 18.1. The summed E-state index contributed by atoms with van der Waals surface area (Å²) in [6.45, 7) is 2.63. The van der Waals surface area contributed by atoms with E-state index in [-0.39, 0.29) is 43.0 Å². The van der Waals surface area contributed by atoms with Gasteiger partial charge in [-0.1, -0.05) is 25.1 Å². The van der Waals surface area contributed by atoms with Gasteiger partial charge in [-0.15, -0.1) is 35.3 Å². The molecule has 1 aromatic heterocycles. The Morgan fingerprint density at radius 2 is 2.08 bits per heavy atom. The molecule has 138 valence electrons. The Balaban J connectivity index is 0.00000312. The van der Waals surface area contributed by atoms with E-state index in [1.54, 1.807) is 24.6 Å². The van der Waals surface area contributed by atoms with Gasteiger partial charge in [0.15, 0.2) is 5.96 Å². The van der Waals surface area contributed by atoms with Crippen molar-refractivity contribution in [3.8, 4) is 0 Å². The van der Waals surface area contributed by atoms with Crippen LogP contribution in [0.25, 0.3) is 0 Å². The number of anilines is 1. The number of benzene rings is 1. The van der Waals surface area contributed by atoms with Crippen LogP contribution in [-0.4, -0.2) is 38.8 Å². The quantitative estimate of drug-likeness (QED) is 0.352. The SMILES string of the molecule is CCc1cccc(NC(N)=NCCN(C)S(=O)(=O)c2cccs2)c1.I. The van der Waals surface area contributed by atoms with Crippen LogP contribution in [0.5, 0.6) is 0 Å². The molecule has 2 rings (SSSR count). The molecular weight excluding hydrogens is 471 g/mol. The van der Waals surface area contributed by atoms with Crippen LogP contribution in [0.1, 0.15) is 12.5 Å². The molecular formula is C16H23IN4O2S2. The zero-order chi connectivity index (χ0) is 17.6. The van der Waals surface area contributed by atoms with Crippen molar-refractivity contribution in [3.05, 3.63) is 47.3 Å². The van der Waals surface area contributed by atoms with Crippen molar-refractivity contribution in [3.63, 3.8) is 0 Å². The zero-order valence-electron chi connectivity index (χ0n) is 14.2. The van der Waals surface area contributed by atoms with Gasteiger partial charge in [0.2, 0.25) is 0 Å². The number of aliphatic imine (C=N–C) groups is 1. The summed E-state index contributed by atoms with van der Waals surface area (Å²) in [5, 5.41) is 4.76. The molecule has 3 N–H and O–H groups in total. The largest absolute Gasteiger partial charge is 0.370 e. The molecule has 0 spiro atoms. The van der Waals surface area contributed by atoms with Crippen molar-refractivity contribution in [2.75, 3.05) is 25.5 Å². The Labute approximate surface area is 170 Å². The van der Waals surface area contributed by atoms with Crippen LogP contribution in [0.2, 0.25) is 0 Å². The Morgan fingerprint density at radius 3 is 2.72 bits per heavy atom. The first kappa shape index (κ1) is 21.9. The van der Waals surface area contributed by atoms with Gasteiger partial charge in [-0.25, -0.2) is 8.42 Å². The van der Waals surface area contributed by atoms with E-state index in [1.807, 2.05) is 24.3 Å². The van der Waals surface area contributed by atoms with Gasteiger partial charge in [-0.05, 0) is 35.6 Å². The highest BCUT2D eigenvalue weighted by Gasteiger charge is 2.20. The van der Waals surface area contributed by atoms with E-state index in [4.69, 9.17) is 5.73 Å². The predicted octanol–water partition coefficient (Wildman–Crippen LogP) is 2.98. The summed E-state index contributed by atoms with van der Waals surface area (Å²) >= 11 is 1.20. The maximum atomic E-state index is 12.3. The minimum Gasteiger partial charge on any atom is -0.370 e. The number of likely N-dealkylation sites (N-methyl/N-ethyl adjacent to an activating group) is 1. The minimum atomic E-state index is -3.44. The van der Waals surface area contributed by atoms with Crippen LogP contribution in [0.3, 0.4) is 0 Å². The molecule has 2 aromatic rings. The number of halogens is 1. The molecule has 25 heavy (non-hydrogen) atoms. The fourth-order valence-corrected chi connectivity index (χ4v) is 4.41. The number of sulfonamides is 1. The second kappa shape index (κ2) is 10.1. The van der Waals surface area contributed by atoms with E-state index in [2.05, 4.69) is 17.2 Å². The molecule has 1 aromatic carbocycles. The third-order valence-corrected chi connectivity index (χ3v) is 6.69. The minimum absolute atomic E-state index is 0. The Hall–Kier alpha value is -1.17. The van der Waals surface area contributed by atoms with Gasteiger partial charge in [0.1, 0.15) is 4.21 Å². The number of nitrogens with zero attached hydrogens (tertiary/aromatic N) is 2. The van der Waals surface area contributed by atoms with E-state index >= 15 is 0 Å². The molecule has 0 aliphatic rings. The number of hydrogen-bond donors (Lipinski definition) is 2. The smallest absolute Gasteiger partial charge is 0.252 e. The van der Waals surface area contributed by atoms with Crippen molar-refractivity contribution in [2.45, 2.75) is 17.6 Å². The van der Waals surface area contributed by atoms with Gasteiger partial charge in [-0.2, -0.15) is 4.31 Å². The highest BCUT2D eigenvalue weighted by atomic mass is 127. The number of rotatable bonds is 7. The topological polar surface area (TPSA) is 87.8 Å². The van der Waals surface area contributed by atoms with Gasteiger partial charge in [0.25, 0.3) is 10.0 Å². The summed E-state index contributed by atoms with van der Waals surface area (Å²) in [5.41, 5.74) is 7.93. The number of nitrogens with two attached hydrogens (primary N) is 1. The molecule has 0 fully saturated rings. The van der Waals surface area contributed by atoms with Gasteiger partial charge in [0.05, 0.1) is 6.54 Å². The average molecular weight is 494 g/mol. The second-order valence-corrected chi connectivity index (χ2v) is 8.42. The monoisotopic (exact) mass is 494 g/mol. The van der Waals surface area contributed by atoms with E-state index in [1.165, 1.54) is 21.2 Å². The Morgan fingerprint density at radius 1 is 1.32 bits per heavy atom. The van der Waals surface area contributed by atoms with Crippen LogP contribution in [0.15, 0.2) is 51.0 Å². The first-order chi connectivity index (χ1) is 11.4. The fourth-order valence-electron chi connectivity index (χ4n) is 2.05. The molecule has 0 saturated heterocycles. The number of nitrogens with one attached hydrogen (secondary N) is 1. The number of aryl methyl sites for hydroxylation is 1. The predicted molar refractivity (Wildman–Crippen MR) is 115 cm³/mol. The summed E-state index contributed by atoms with van der Waals surface area (Å²) in [6.07, 6.45) is 0.942. The molecule has 9 heteroatoms. The first-order valence-electron chi connectivity index (χ1n) is 7.59. The van der Waals surface area contributed by atoms with Crippen LogP contribution < -0.4 is 11.1 Å². The standard InChI is InChI=1S/C16H22N4O2S2.HI/c1-3-13-6-4-7-14(12-13)19-16(17)18-9-10-20(2)24(21,22)15-8-5-11-23-15;/h4-8,11-12H,3,9-10H2,1-2H3,(H3,17,18,19);1H. The van der Waals surface area contributed by atoms with Crippen molar-refractivity contribution in [1.29, 1.82) is 0 Å². The molecule has 0 aliphatic carbocycles. The summed E-state index contributed by atoms with van der Waals surface area (Å²) in [4.78, 5) is 4.19. The highest BCUT2D eigenvalue weighted by Crippen LogP contribution is 2.19. The molecule has 0 bridgehead atoms. The molecule has 0 aliphatic heterocycles. The van der Waals surface area contributed by atoms with Crippen molar-refractivity contribution < 1.29 is 8.42 Å². The van der Waals surface area contributed by atoms with E-state index in [0.29, 0.717) is 4.21 Å². The molecule has 0 unspecified atom stereocenters.